The van der Waals surface area contributed by atoms with Crippen LogP contribution in [0.2, 0.25) is 0 Å². The van der Waals surface area contributed by atoms with Crippen LogP contribution in [0, 0.1) is 6.92 Å². The van der Waals surface area contributed by atoms with Gasteiger partial charge in [-0.3, -0.25) is 0 Å². The molecule has 3 nitrogen and oxygen atoms in total. The molecule has 0 bridgehead atoms. The molecular formula is C55H39N3Si. The number of hydrogen-bond donors (Lipinski definition) is 0. The third-order valence-electron chi connectivity index (χ3n) is 12.6. The third-order valence-corrected chi connectivity index (χ3v) is 17.4. The SMILES string of the molecule is Cc1ccc(N2c3ccc(-n4c5ccccc5c5ccccc54)cc3[Si](c3ccccc3)(c3ccccc3)c3cc(-n4c5ccccc5c5ccccc54)ccc32)cc1. The molecule has 1 aliphatic heterocycles. The normalized spacial score (nSPS) is 13.3. The fourth-order valence-corrected chi connectivity index (χ4v) is 15.3. The van der Waals surface area contributed by atoms with Crippen LogP contribution in [0.5, 0.6) is 0 Å². The van der Waals surface area contributed by atoms with Crippen LogP contribution in [0.3, 0.4) is 0 Å². The van der Waals surface area contributed by atoms with Gasteiger partial charge in [0.1, 0.15) is 0 Å². The maximum Gasteiger partial charge on any atom is 0.184 e. The van der Waals surface area contributed by atoms with Crippen molar-refractivity contribution in [3.63, 3.8) is 0 Å². The van der Waals surface area contributed by atoms with E-state index in [1.807, 2.05) is 0 Å². The molecule has 4 heteroatoms. The van der Waals surface area contributed by atoms with Crippen LogP contribution in [0.4, 0.5) is 17.1 Å². The second-order valence-corrected chi connectivity index (χ2v) is 19.5. The van der Waals surface area contributed by atoms with E-state index in [9.17, 15) is 0 Å². The second-order valence-electron chi connectivity index (χ2n) is 15.8. The Morgan fingerprint density at radius 1 is 0.322 bits per heavy atom. The van der Waals surface area contributed by atoms with Gasteiger partial charge in [-0.05, 0) is 100 Å². The molecule has 0 fully saturated rings. The Balaban J connectivity index is 1.24. The first kappa shape index (κ1) is 33.7. The van der Waals surface area contributed by atoms with Gasteiger partial charge in [-0.15, -0.1) is 0 Å². The molecule has 2 aromatic heterocycles. The van der Waals surface area contributed by atoms with E-state index in [0.29, 0.717) is 0 Å². The molecule has 0 unspecified atom stereocenters. The molecule has 0 saturated heterocycles. The highest BCUT2D eigenvalue weighted by molar-refractivity contribution is 7.21. The Morgan fingerprint density at radius 3 is 1.05 bits per heavy atom. The highest BCUT2D eigenvalue weighted by Crippen LogP contribution is 2.42. The van der Waals surface area contributed by atoms with Gasteiger partial charge in [0.2, 0.25) is 0 Å². The number of anilines is 3. The number of benzene rings is 9. The van der Waals surface area contributed by atoms with Gasteiger partial charge in [0.15, 0.2) is 8.07 Å². The van der Waals surface area contributed by atoms with Gasteiger partial charge < -0.3 is 14.0 Å². The van der Waals surface area contributed by atoms with Crippen molar-refractivity contribution in [1.29, 1.82) is 0 Å². The van der Waals surface area contributed by atoms with Crippen molar-refractivity contribution in [3.8, 4) is 11.4 Å². The van der Waals surface area contributed by atoms with Crippen molar-refractivity contribution in [2.75, 3.05) is 4.90 Å². The van der Waals surface area contributed by atoms with Crippen molar-refractivity contribution >= 4 is 89.5 Å². The zero-order valence-corrected chi connectivity index (χ0v) is 33.6. The van der Waals surface area contributed by atoms with Crippen molar-refractivity contribution in [2.45, 2.75) is 6.92 Å². The smallest absolute Gasteiger partial charge is 0.184 e. The molecule has 59 heavy (non-hydrogen) atoms. The first-order chi connectivity index (χ1) is 29.2. The predicted molar refractivity (Wildman–Crippen MR) is 252 cm³/mol. The molecule has 0 spiro atoms. The van der Waals surface area contributed by atoms with E-state index in [2.05, 4.69) is 239 Å². The molecule has 0 N–H and O–H groups in total. The standard InChI is InChI=1S/C55H39N3Si/c1-38-28-30-39(31-29-38)56-52-34-32-40(57-48-24-12-8-20-44(48)45-21-9-13-25-49(45)57)36-54(52)59(42-16-4-2-5-17-42,43-18-6-3-7-19-43)55-37-41(33-35-53(55)56)58-50-26-14-10-22-46(50)47-23-11-15-27-51(47)58/h2-37H,1H3. The molecule has 1 aliphatic rings. The summed E-state index contributed by atoms with van der Waals surface area (Å²) in [4.78, 5) is 2.52. The van der Waals surface area contributed by atoms with Gasteiger partial charge in [-0.25, -0.2) is 0 Å². The summed E-state index contributed by atoms with van der Waals surface area (Å²) in [6, 6.07) is 81.7. The lowest BCUT2D eigenvalue weighted by Gasteiger charge is -2.45. The fourth-order valence-electron chi connectivity index (χ4n) is 10.1. The van der Waals surface area contributed by atoms with Gasteiger partial charge in [0.25, 0.3) is 0 Å². The molecular weight excluding hydrogens is 731 g/mol. The molecule has 9 aromatic carbocycles. The molecule has 278 valence electrons. The van der Waals surface area contributed by atoms with Gasteiger partial charge in [0, 0.05) is 50.0 Å². The van der Waals surface area contributed by atoms with Crippen LogP contribution in [0.25, 0.3) is 55.0 Å². The average molecular weight is 770 g/mol. The Hall–Kier alpha value is -7.40. The Labute approximate surface area is 344 Å². The van der Waals surface area contributed by atoms with Crippen LogP contribution < -0.4 is 25.6 Å². The second kappa shape index (κ2) is 13.1. The first-order valence-corrected chi connectivity index (χ1v) is 22.4. The number of para-hydroxylation sites is 4. The molecule has 11 aromatic rings. The third kappa shape index (κ3) is 4.87. The van der Waals surface area contributed by atoms with Gasteiger partial charge in [-0.1, -0.05) is 151 Å². The maximum absolute atomic E-state index is 3.09. The van der Waals surface area contributed by atoms with E-state index in [1.54, 1.807) is 0 Å². The van der Waals surface area contributed by atoms with E-state index in [1.165, 1.54) is 81.3 Å². The quantitative estimate of drug-likeness (QED) is 0.159. The number of fused-ring (bicyclic) bond motifs is 8. The van der Waals surface area contributed by atoms with Crippen molar-refractivity contribution in [2.24, 2.45) is 0 Å². The number of aryl methyl sites for hydroxylation is 1. The summed E-state index contributed by atoms with van der Waals surface area (Å²) in [7, 11) is -3.09. The first-order valence-electron chi connectivity index (χ1n) is 20.4. The number of nitrogens with zero attached hydrogens (tertiary/aromatic N) is 3. The topological polar surface area (TPSA) is 13.1 Å². The predicted octanol–water partition coefficient (Wildman–Crippen LogP) is 11.3. The van der Waals surface area contributed by atoms with E-state index < -0.39 is 8.07 Å². The largest absolute Gasteiger partial charge is 0.311 e. The fraction of sp³-hybridized carbons (Fsp3) is 0.0182. The summed E-state index contributed by atoms with van der Waals surface area (Å²) in [5.74, 6) is 0. The Kier molecular flexibility index (Phi) is 7.47. The van der Waals surface area contributed by atoms with Crippen LogP contribution in [0.15, 0.2) is 218 Å². The number of hydrogen-bond acceptors (Lipinski definition) is 1. The lowest BCUT2D eigenvalue weighted by atomic mass is 10.1. The van der Waals surface area contributed by atoms with E-state index in [0.717, 1.165) is 17.1 Å². The Bertz CT molecular complexity index is 3080. The Morgan fingerprint density at radius 2 is 0.661 bits per heavy atom. The number of aromatic nitrogens is 2. The summed E-state index contributed by atoms with van der Waals surface area (Å²) >= 11 is 0. The summed E-state index contributed by atoms with van der Waals surface area (Å²) in [6.07, 6.45) is 0. The lowest BCUT2D eigenvalue weighted by molar-refractivity contribution is 1.17. The monoisotopic (exact) mass is 769 g/mol. The summed E-state index contributed by atoms with van der Waals surface area (Å²) in [5, 5.41) is 10.5. The van der Waals surface area contributed by atoms with Gasteiger partial charge in [0.05, 0.1) is 22.1 Å². The summed E-state index contributed by atoms with van der Waals surface area (Å²) in [6.45, 7) is 2.17. The molecule has 0 atom stereocenters. The van der Waals surface area contributed by atoms with Crippen molar-refractivity contribution in [3.05, 3.63) is 224 Å². The van der Waals surface area contributed by atoms with Crippen LogP contribution in [0.1, 0.15) is 5.56 Å². The van der Waals surface area contributed by atoms with E-state index >= 15 is 0 Å². The molecule has 3 heterocycles. The van der Waals surface area contributed by atoms with E-state index in [-0.39, 0.29) is 0 Å². The molecule has 0 saturated carbocycles. The zero-order valence-electron chi connectivity index (χ0n) is 32.6. The van der Waals surface area contributed by atoms with Gasteiger partial charge in [-0.2, -0.15) is 0 Å². The summed E-state index contributed by atoms with van der Waals surface area (Å²) < 4.78 is 4.95. The number of rotatable bonds is 5. The highest BCUT2D eigenvalue weighted by Gasteiger charge is 2.49. The minimum Gasteiger partial charge on any atom is -0.311 e. The molecule has 12 rings (SSSR count). The molecule has 0 aliphatic carbocycles. The van der Waals surface area contributed by atoms with Gasteiger partial charge >= 0.3 is 0 Å². The minimum absolute atomic E-state index is 1.15. The lowest BCUT2D eigenvalue weighted by Crippen LogP contribution is -2.77. The van der Waals surface area contributed by atoms with Crippen LogP contribution in [-0.4, -0.2) is 17.2 Å². The summed E-state index contributed by atoms with van der Waals surface area (Å²) in [5.41, 5.74) is 12.0. The van der Waals surface area contributed by atoms with E-state index in [4.69, 9.17) is 0 Å². The van der Waals surface area contributed by atoms with Crippen LogP contribution in [-0.2, 0) is 0 Å². The van der Waals surface area contributed by atoms with Crippen molar-refractivity contribution < 1.29 is 0 Å². The average Bonchev–Trinajstić information content (AvgIpc) is 3.82. The van der Waals surface area contributed by atoms with Crippen LogP contribution >= 0.6 is 0 Å². The zero-order chi connectivity index (χ0) is 39.1. The molecule has 0 radical (unpaired) electrons. The highest BCUT2D eigenvalue weighted by atomic mass is 28.3. The maximum atomic E-state index is 2.54. The minimum atomic E-state index is -3.09. The van der Waals surface area contributed by atoms with Crippen molar-refractivity contribution in [1.82, 2.24) is 9.13 Å². The molecule has 0 amide bonds.